The van der Waals surface area contributed by atoms with Gasteiger partial charge in [-0.2, -0.15) is 11.8 Å². The molecule has 0 bridgehead atoms. The van der Waals surface area contributed by atoms with Crippen molar-refractivity contribution in [2.24, 2.45) is 0 Å². The minimum absolute atomic E-state index is 0.418. The zero-order valence-electron chi connectivity index (χ0n) is 18.7. The van der Waals surface area contributed by atoms with Crippen LogP contribution in [0.2, 0.25) is 0 Å². The SMILES string of the molecule is O=C(Oc1ccccc1)Oc1ccc(CSCc2ccc(OC(=O)Oc3ccccc3)cc2)cc1. The predicted molar refractivity (Wildman–Crippen MR) is 134 cm³/mol. The molecule has 6 nitrogen and oxygen atoms in total. The Hall–Kier alpha value is -4.23. The van der Waals surface area contributed by atoms with Crippen LogP contribution >= 0.6 is 11.8 Å². The van der Waals surface area contributed by atoms with Crippen molar-refractivity contribution in [1.29, 1.82) is 0 Å². The summed E-state index contributed by atoms with van der Waals surface area (Å²) in [6.07, 6.45) is -1.56. The summed E-state index contributed by atoms with van der Waals surface area (Å²) < 4.78 is 20.6. The average molecular weight is 487 g/mol. The fraction of sp³-hybridized carbons (Fsp3) is 0.0714. The third kappa shape index (κ3) is 7.94. The van der Waals surface area contributed by atoms with Gasteiger partial charge in [-0.15, -0.1) is 0 Å². The molecule has 4 aromatic rings. The van der Waals surface area contributed by atoms with Crippen molar-refractivity contribution >= 4 is 24.1 Å². The number of carbonyl (C=O) groups is 2. The van der Waals surface area contributed by atoms with Crippen molar-refractivity contribution in [3.05, 3.63) is 120 Å². The third-order valence-electron chi connectivity index (χ3n) is 4.68. The summed E-state index contributed by atoms with van der Waals surface area (Å²) in [6, 6.07) is 32.1. The highest BCUT2D eigenvalue weighted by Gasteiger charge is 2.09. The number of carbonyl (C=O) groups excluding carboxylic acids is 2. The number of ether oxygens (including phenoxy) is 4. The highest BCUT2D eigenvalue weighted by atomic mass is 32.2. The molecule has 0 aromatic heterocycles. The van der Waals surface area contributed by atoms with Gasteiger partial charge >= 0.3 is 12.3 Å². The van der Waals surface area contributed by atoms with Crippen LogP contribution < -0.4 is 18.9 Å². The molecule has 0 aliphatic carbocycles. The van der Waals surface area contributed by atoms with Gasteiger partial charge in [-0.3, -0.25) is 0 Å². The first kappa shape index (κ1) is 23.9. The van der Waals surface area contributed by atoms with Crippen molar-refractivity contribution < 1.29 is 28.5 Å². The molecule has 0 saturated heterocycles. The van der Waals surface area contributed by atoms with Gasteiger partial charge in [0.05, 0.1) is 0 Å². The molecule has 0 spiro atoms. The first-order valence-electron chi connectivity index (χ1n) is 10.8. The Kier molecular flexibility index (Phi) is 8.40. The Balaban J connectivity index is 1.18. The van der Waals surface area contributed by atoms with Gasteiger partial charge in [0.25, 0.3) is 0 Å². The molecule has 4 rings (SSSR count). The van der Waals surface area contributed by atoms with E-state index in [-0.39, 0.29) is 0 Å². The first-order chi connectivity index (χ1) is 17.1. The van der Waals surface area contributed by atoms with Crippen LogP contribution in [-0.4, -0.2) is 12.3 Å². The monoisotopic (exact) mass is 486 g/mol. The molecule has 35 heavy (non-hydrogen) atoms. The molecule has 0 saturated carbocycles. The summed E-state index contributed by atoms with van der Waals surface area (Å²) >= 11 is 1.74. The lowest BCUT2D eigenvalue weighted by molar-refractivity contribution is 0.150. The standard InChI is InChI=1S/C28H22O6S/c29-27(31-23-7-3-1-4-8-23)33-25-15-11-21(12-16-25)19-35-20-22-13-17-26(18-14-22)34-28(30)32-24-9-5-2-6-10-24/h1-18H,19-20H2. The number of thioether (sulfide) groups is 1. The Morgan fingerprint density at radius 2 is 0.771 bits per heavy atom. The first-order valence-corrected chi connectivity index (χ1v) is 11.9. The minimum atomic E-state index is -0.779. The summed E-state index contributed by atoms with van der Waals surface area (Å²) in [7, 11) is 0. The number of hydrogen-bond acceptors (Lipinski definition) is 7. The van der Waals surface area contributed by atoms with E-state index in [4.69, 9.17) is 18.9 Å². The van der Waals surface area contributed by atoms with Crippen LogP contribution in [0.3, 0.4) is 0 Å². The molecule has 0 aliphatic rings. The number of para-hydroxylation sites is 2. The summed E-state index contributed by atoms with van der Waals surface area (Å²) in [6.45, 7) is 0. The van der Waals surface area contributed by atoms with Crippen molar-refractivity contribution in [3.8, 4) is 23.0 Å². The molecular formula is C28H22O6S. The van der Waals surface area contributed by atoms with Crippen molar-refractivity contribution in [3.63, 3.8) is 0 Å². The second-order valence-electron chi connectivity index (χ2n) is 7.32. The molecule has 0 fully saturated rings. The van der Waals surface area contributed by atoms with Gasteiger partial charge < -0.3 is 18.9 Å². The van der Waals surface area contributed by atoms with E-state index in [1.54, 1.807) is 84.6 Å². The minimum Gasteiger partial charge on any atom is -0.395 e. The van der Waals surface area contributed by atoms with Gasteiger partial charge in [-0.05, 0) is 59.7 Å². The Morgan fingerprint density at radius 3 is 1.11 bits per heavy atom. The van der Waals surface area contributed by atoms with Crippen molar-refractivity contribution in [2.45, 2.75) is 11.5 Å². The van der Waals surface area contributed by atoms with Gasteiger partial charge in [0.15, 0.2) is 0 Å². The highest BCUT2D eigenvalue weighted by Crippen LogP contribution is 2.22. The van der Waals surface area contributed by atoms with E-state index in [0.717, 1.165) is 22.6 Å². The van der Waals surface area contributed by atoms with Gasteiger partial charge in [0.2, 0.25) is 0 Å². The number of rotatable bonds is 8. The van der Waals surface area contributed by atoms with Gasteiger partial charge in [0, 0.05) is 11.5 Å². The average Bonchev–Trinajstić information content (AvgIpc) is 2.87. The molecule has 176 valence electrons. The van der Waals surface area contributed by atoms with E-state index in [1.807, 2.05) is 36.4 Å². The molecule has 0 amide bonds. The van der Waals surface area contributed by atoms with Crippen LogP contribution in [-0.2, 0) is 11.5 Å². The van der Waals surface area contributed by atoms with Crippen LogP contribution in [0.15, 0.2) is 109 Å². The zero-order chi connectivity index (χ0) is 24.3. The molecule has 4 aromatic carbocycles. The molecule has 0 radical (unpaired) electrons. The maximum atomic E-state index is 11.9. The summed E-state index contributed by atoms with van der Waals surface area (Å²) in [5.74, 6) is 3.27. The van der Waals surface area contributed by atoms with Crippen LogP contribution in [0.4, 0.5) is 9.59 Å². The lowest BCUT2D eigenvalue weighted by Crippen LogP contribution is -2.13. The quantitative estimate of drug-likeness (QED) is 0.191. The summed E-state index contributed by atoms with van der Waals surface area (Å²) in [4.78, 5) is 23.8. The largest absolute Gasteiger partial charge is 0.519 e. The second kappa shape index (κ2) is 12.3. The molecule has 0 heterocycles. The van der Waals surface area contributed by atoms with Crippen molar-refractivity contribution in [2.75, 3.05) is 0 Å². The Labute approximate surface area is 207 Å². The van der Waals surface area contributed by atoms with E-state index >= 15 is 0 Å². The molecule has 0 N–H and O–H groups in total. The lowest BCUT2D eigenvalue weighted by atomic mass is 10.2. The Morgan fingerprint density at radius 1 is 0.457 bits per heavy atom. The highest BCUT2D eigenvalue weighted by molar-refractivity contribution is 7.97. The van der Waals surface area contributed by atoms with Crippen LogP contribution in [0.25, 0.3) is 0 Å². The fourth-order valence-corrected chi connectivity index (χ4v) is 3.96. The van der Waals surface area contributed by atoms with E-state index in [0.29, 0.717) is 23.0 Å². The summed E-state index contributed by atoms with van der Waals surface area (Å²) in [5.41, 5.74) is 2.20. The molecule has 0 unspecified atom stereocenters. The normalized spacial score (nSPS) is 10.3. The lowest BCUT2D eigenvalue weighted by Gasteiger charge is -2.07. The number of hydrogen-bond donors (Lipinski definition) is 0. The Bertz CT molecular complexity index is 1130. The van der Waals surface area contributed by atoms with E-state index in [1.165, 1.54) is 0 Å². The molecule has 0 atom stereocenters. The smallest absolute Gasteiger partial charge is 0.395 e. The maximum Gasteiger partial charge on any atom is 0.519 e. The van der Waals surface area contributed by atoms with E-state index < -0.39 is 12.3 Å². The summed E-state index contributed by atoms with van der Waals surface area (Å²) in [5, 5.41) is 0. The second-order valence-corrected chi connectivity index (χ2v) is 8.30. The van der Waals surface area contributed by atoms with Crippen LogP contribution in [0.1, 0.15) is 11.1 Å². The van der Waals surface area contributed by atoms with E-state index in [9.17, 15) is 9.59 Å². The molecule has 0 aliphatic heterocycles. The van der Waals surface area contributed by atoms with Crippen LogP contribution in [0.5, 0.6) is 23.0 Å². The third-order valence-corrected chi connectivity index (χ3v) is 5.75. The number of benzene rings is 4. The van der Waals surface area contributed by atoms with Crippen molar-refractivity contribution in [1.82, 2.24) is 0 Å². The fourth-order valence-electron chi connectivity index (χ4n) is 3.00. The van der Waals surface area contributed by atoms with Gasteiger partial charge in [0.1, 0.15) is 23.0 Å². The van der Waals surface area contributed by atoms with Gasteiger partial charge in [-0.1, -0.05) is 60.7 Å². The maximum absolute atomic E-state index is 11.9. The zero-order valence-corrected chi connectivity index (χ0v) is 19.5. The molecular weight excluding hydrogens is 464 g/mol. The predicted octanol–water partition coefficient (Wildman–Crippen LogP) is 7.28. The van der Waals surface area contributed by atoms with Crippen LogP contribution in [0, 0.1) is 0 Å². The van der Waals surface area contributed by atoms with Gasteiger partial charge in [-0.25, -0.2) is 9.59 Å². The molecule has 7 heteroatoms. The van der Waals surface area contributed by atoms with E-state index in [2.05, 4.69) is 0 Å². The topological polar surface area (TPSA) is 71.1 Å².